The highest BCUT2D eigenvalue weighted by Crippen LogP contribution is 2.73. The van der Waals surface area contributed by atoms with Crippen LogP contribution < -0.4 is 0 Å². The Labute approximate surface area is 241 Å². The lowest BCUT2D eigenvalue weighted by Crippen LogP contribution is -2.76. The zero-order valence-electron chi connectivity index (χ0n) is 24.3. The van der Waals surface area contributed by atoms with Crippen molar-refractivity contribution in [2.24, 2.45) is 28.6 Å². The second-order valence-corrected chi connectivity index (χ2v) is 13.0. The van der Waals surface area contributed by atoms with Gasteiger partial charge in [0.2, 0.25) is 6.10 Å². The number of esters is 2. The van der Waals surface area contributed by atoms with E-state index in [4.69, 9.17) is 14.2 Å². The summed E-state index contributed by atoms with van der Waals surface area (Å²) in [6, 6.07) is 0. The predicted octanol–water partition coefficient (Wildman–Crippen LogP) is 3.30. The summed E-state index contributed by atoms with van der Waals surface area (Å²) in [5.74, 6) is -6.38. The van der Waals surface area contributed by atoms with Crippen molar-refractivity contribution in [2.45, 2.75) is 109 Å². The van der Waals surface area contributed by atoms with Crippen molar-refractivity contribution < 1.29 is 43.9 Å². The minimum absolute atomic E-state index is 0.0291. The second-order valence-electron chi connectivity index (χ2n) is 13.0. The fourth-order valence-corrected chi connectivity index (χ4v) is 8.83. The van der Waals surface area contributed by atoms with Crippen LogP contribution in [0.5, 0.6) is 0 Å². The van der Waals surface area contributed by atoms with Crippen molar-refractivity contribution in [3.63, 3.8) is 0 Å². The Morgan fingerprint density at radius 2 is 1.85 bits per heavy atom. The number of rotatable bonds is 10. The van der Waals surface area contributed by atoms with E-state index >= 15 is 0 Å². The fourth-order valence-electron chi connectivity index (χ4n) is 8.83. The SMILES string of the molecule is C=C1C(O)C2(O)OCC34C(CC5C(C)=CC(=O)C(O)C5(C)C23)OC(=O)C(OC(=O)C/C=C/CCCCCCCC)C14. The second kappa shape index (κ2) is 11.1. The summed E-state index contributed by atoms with van der Waals surface area (Å²) < 4.78 is 17.6. The Hall–Kier alpha value is -2.33. The zero-order chi connectivity index (χ0) is 29.7. The van der Waals surface area contributed by atoms with E-state index in [-0.39, 0.29) is 25.0 Å². The molecule has 0 aromatic heterocycles. The molecule has 0 radical (unpaired) electrons. The van der Waals surface area contributed by atoms with Gasteiger partial charge in [-0.1, -0.05) is 70.3 Å². The normalized spacial score (nSPS) is 42.9. The van der Waals surface area contributed by atoms with E-state index in [2.05, 4.69) is 13.5 Å². The molecule has 3 N–H and O–H groups in total. The van der Waals surface area contributed by atoms with Gasteiger partial charge in [0.15, 0.2) is 11.6 Å². The van der Waals surface area contributed by atoms with Crippen LogP contribution in [0.4, 0.5) is 0 Å². The van der Waals surface area contributed by atoms with Gasteiger partial charge in [-0.15, -0.1) is 0 Å². The Kier molecular flexibility index (Phi) is 8.13. The maximum Gasteiger partial charge on any atom is 0.348 e. The Bertz CT molecular complexity index is 1160. The molecule has 2 saturated heterocycles. The molecule has 10 unspecified atom stereocenters. The lowest BCUT2D eigenvalue weighted by molar-refractivity contribution is -0.311. The molecular formula is C32H44O9. The first-order chi connectivity index (χ1) is 19.4. The van der Waals surface area contributed by atoms with Crippen LogP contribution in [-0.2, 0) is 28.6 Å². The van der Waals surface area contributed by atoms with Gasteiger partial charge in [-0.25, -0.2) is 4.79 Å². The molecule has 5 rings (SSSR count). The van der Waals surface area contributed by atoms with Crippen molar-refractivity contribution >= 4 is 17.7 Å². The van der Waals surface area contributed by atoms with Crippen molar-refractivity contribution in [2.75, 3.05) is 6.61 Å². The quantitative estimate of drug-likeness (QED) is 0.204. The van der Waals surface area contributed by atoms with E-state index in [1.165, 1.54) is 31.8 Å². The van der Waals surface area contributed by atoms with Crippen LogP contribution in [0.25, 0.3) is 0 Å². The largest absolute Gasteiger partial charge is 0.459 e. The minimum atomic E-state index is -2.17. The molecule has 2 saturated carbocycles. The molecule has 226 valence electrons. The number of carbonyl (C=O) groups excluding carboxylic acids is 3. The van der Waals surface area contributed by atoms with Gasteiger partial charge in [-0.2, -0.15) is 0 Å². The summed E-state index contributed by atoms with van der Waals surface area (Å²) in [7, 11) is 0. The zero-order valence-corrected chi connectivity index (χ0v) is 24.3. The molecule has 2 aliphatic heterocycles. The molecule has 9 nitrogen and oxygen atoms in total. The first kappa shape index (κ1) is 30.1. The number of aliphatic hydroxyl groups is 3. The van der Waals surface area contributed by atoms with Crippen LogP contribution in [0, 0.1) is 28.6 Å². The number of hydrogen-bond donors (Lipinski definition) is 3. The number of aliphatic hydroxyl groups excluding tert-OH is 2. The Morgan fingerprint density at radius 1 is 1.15 bits per heavy atom. The number of unbranched alkanes of at least 4 members (excludes halogenated alkanes) is 6. The molecule has 0 amide bonds. The number of allylic oxidation sites excluding steroid dienone is 2. The monoisotopic (exact) mass is 572 g/mol. The van der Waals surface area contributed by atoms with E-state index in [0.29, 0.717) is 5.57 Å². The first-order valence-electron chi connectivity index (χ1n) is 15.1. The third kappa shape index (κ3) is 4.46. The summed E-state index contributed by atoms with van der Waals surface area (Å²) >= 11 is 0. The van der Waals surface area contributed by atoms with Gasteiger partial charge in [0.1, 0.15) is 18.3 Å². The highest BCUT2D eigenvalue weighted by molar-refractivity contribution is 5.96. The van der Waals surface area contributed by atoms with Gasteiger partial charge in [0, 0.05) is 17.3 Å². The fraction of sp³-hybridized carbons (Fsp3) is 0.719. The highest BCUT2D eigenvalue weighted by Gasteiger charge is 2.83. The number of fused-ring (bicyclic) bond motifs is 1. The molecule has 9 heteroatoms. The van der Waals surface area contributed by atoms with Crippen LogP contribution in [0.3, 0.4) is 0 Å². The van der Waals surface area contributed by atoms with Crippen LogP contribution in [0.15, 0.2) is 36.0 Å². The van der Waals surface area contributed by atoms with Crippen LogP contribution in [0.2, 0.25) is 0 Å². The molecule has 41 heavy (non-hydrogen) atoms. The van der Waals surface area contributed by atoms with Crippen LogP contribution in [-0.4, -0.2) is 69.9 Å². The van der Waals surface area contributed by atoms with Crippen molar-refractivity contribution in [1.29, 1.82) is 0 Å². The first-order valence-corrected chi connectivity index (χ1v) is 15.1. The molecule has 1 spiro atoms. The van der Waals surface area contributed by atoms with Gasteiger partial charge in [-0.05, 0) is 43.8 Å². The summed E-state index contributed by atoms with van der Waals surface area (Å²) in [5, 5.41) is 34.5. The Morgan fingerprint density at radius 3 is 2.59 bits per heavy atom. The summed E-state index contributed by atoms with van der Waals surface area (Å²) in [4.78, 5) is 39.2. The van der Waals surface area contributed by atoms with Crippen molar-refractivity contribution in [3.8, 4) is 0 Å². The van der Waals surface area contributed by atoms with E-state index in [1.54, 1.807) is 19.9 Å². The number of ether oxygens (including phenoxy) is 3. The minimum Gasteiger partial charge on any atom is -0.459 e. The third-order valence-corrected chi connectivity index (χ3v) is 10.7. The topological polar surface area (TPSA) is 140 Å². The maximum absolute atomic E-state index is 13.4. The lowest BCUT2D eigenvalue weighted by Gasteiger charge is -2.67. The summed E-state index contributed by atoms with van der Waals surface area (Å²) in [6.07, 6.45) is 7.98. The molecule has 2 heterocycles. The standard InChI is InChI=1S/C32H44O9/c1-5-6-7-8-9-10-11-12-13-14-23(34)41-25-24-19(3)26(35)32(38)29-30(4)20(18(2)15-21(33)27(30)36)16-22(40-28(25)37)31(24,29)17-39-32/h12-13,15,20,22,24-27,29,35-36,38H,3,5-11,14,16-17H2,1-2,4H3/b13-12+. The molecule has 2 bridgehead atoms. The predicted molar refractivity (Wildman–Crippen MR) is 148 cm³/mol. The van der Waals surface area contributed by atoms with Crippen molar-refractivity contribution in [1.82, 2.24) is 0 Å². The maximum atomic E-state index is 13.4. The number of carbonyl (C=O) groups is 3. The van der Waals surface area contributed by atoms with E-state index in [0.717, 1.165) is 19.3 Å². The molecule has 5 aliphatic rings. The summed E-state index contributed by atoms with van der Waals surface area (Å²) in [6.45, 7) is 9.60. The van der Waals surface area contributed by atoms with Gasteiger partial charge >= 0.3 is 11.9 Å². The molecule has 10 atom stereocenters. The Balaban J connectivity index is 1.38. The highest BCUT2D eigenvalue weighted by atomic mass is 16.7. The van der Waals surface area contributed by atoms with Gasteiger partial charge in [-0.3, -0.25) is 9.59 Å². The van der Waals surface area contributed by atoms with E-state index in [1.807, 2.05) is 6.08 Å². The van der Waals surface area contributed by atoms with Crippen molar-refractivity contribution in [3.05, 3.63) is 36.0 Å². The number of hydrogen-bond acceptors (Lipinski definition) is 9. The number of ketones is 1. The van der Waals surface area contributed by atoms with Gasteiger partial charge < -0.3 is 29.5 Å². The third-order valence-electron chi connectivity index (χ3n) is 10.7. The van der Waals surface area contributed by atoms with Crippen LogP contribution >= 0.6 is 0 Å². The molecular weight excluding hydrogens is 528 g/mol. The smallest absolute Gasteiger partial charge is 0.348 e. The molecule has 3 aliphatic carbocycles. The lowest BCUT2D eigenvalue weighted by atomic mass is 9.38. The average Bonchev–Trinajstić information content (AvgIpc) is 3.22. The molecule has 4 fully saturated rings. The molecule has 0 aromatic carbocycles. The van der Waals surface area contributed by atoms with Gasteiger partial charge in [0.25, 0.3) is 0 Å². The van der Waals surface area contributed by atoms with E-state index < -0.39 is 76.5 Å². The van der Waals surface area contributed by atoms with Crippen LogP contribution in [0.1, 0.15) is 78.6 Å². The summed E-state index contributed by atoms with van der Waals surface area (Å²) in [5.41, 5.74) is -1.59. The van der Waals surface area contributed by atoms with E-state index in [9.17, 15) is 29.7 Å². The van der Waals surface area contributed by atoms with Gasteiger partial charge in [0.05, 0.1) is 18.4 Å². The molecule has 0 aromatic rings. The average molecular weight is 573 g/mol.